The molecule has 4 bridgehead atoms. The number of aryl methyl sites for hydroxylation is 1. The number of fused-ring (bicyclic) bond motifs is 3. The van der Waals surface area contributed by atoms with Crippen LogP contribution in [0.15, 0.2) is 46.4 Å². The smallest absolute Gasteiger partial charge is 0.334 e. The summed E-state index contributed by atoms with van der Waals surface area (Å²) >= 11 is 0. The quantitative estimate of drug-likeness (QED) is 0.590. The van der Waals surface area contributed by atoms with E-state index in [2.05, 4.69) is 26.1 Å². The number of carbonyl (C=O) groups is 1. The molecule has 0 aliphatic carbocycles. The summed E-state index contributed by atoms with van der Waals surface area (Å²) in [6.07, 6.45) is 4.09. The number of allylic oxidation sites excluding steroid dienone is 1. The third-order valence-electron chi connectivity index (χ3n) is 4.97. The molecule has 0 unspecified atom stereocenters. The summed E-state index contributed by atoms with van der Waals surface area (Å²) in [5.74, 6) is 1.83. The van der Waals surface area contributed by atoms with Crippen LogP contribution in [0.2, 0.25) is 0 Å². The molecule has 2 aliphatic rings. The molecule has 122 valence electrons. The molecule has 3 heterocycles. The van der Waals surface area contributed by atoms with Crippen molar-refractivity contribution in [2.45, 2.75) is 52.1 Å². The number of ether oxygens (including phenoxy) is 1. The van der Waals surface area contributed by atoms with E-state index in [4.69, 9.17) is 9.15 Å². The van der Waals surface area contributed by atoms with Crippen molar-refractivity contribution in [2.24, 2.45) is 5.92 Å². The van der Waals surface area contributed by atoms with Gasteiger partial charge in [0.05, 0.1) is 5.92 Å². The minimum Gasteiger partial charge on any atom is -0.465 e. The van der Waals surface area contributed by atoms with Crippen molar-refractivity contribution in [3.8, 4) is 0 Å². The molecule has 0 N–H and O–H groups in total. The minimum absolute atomic E-state index is 0.120. The summed E-state index contributed by atoms with van der Waals surface area (Å²) < 4.78 is 11.8. The highest BCUT2D eigenvalue weighted by Gasteiger charge is 2.36. The summed E-state index contributed by atoms with van der Waals surface area (Å²) in [6, 6.07) is 2.06. The summed E-state index contributed by atoms with van der Waals surface area (Å²) in [6.45, 7) is 14.3. The Labute approximate surface area is 137 Å². The first-order valence-electron chi connectivity index (χ1n) is 8.18. The van der Waals surface area contributed by atoms with Gasteiger partial charge in [0, 0.05) is 12.0 Å². The first kappa shape index (κ1) is 15.9. The molecular weight excluding hydrogens is 288 g/mol. The van der Waals surface area contributed by atoms with E-state index in [1.165, 1.54) is 0 Å². The van der Waals surface area contributed by atoms with Crippen LogP contribution in [0.1, 0.15) is 49.7 Å². The maximum absolute atomic E-state index is 12.2. The predicted molar refractivity (Wildman–Crippen MR) is 90.2 cm³/mol. The molecule has 1 aromatic rings. The van der Waals surface area contributed by atoms with Gasteiger partial charge < -0.3 is 9.15 Å². The van der Waals surface area contributed by atoms with E-state index in [0.29, 0.717) is 5.92 Å². The van der Waals surface area contributed by atoms with E-state index in [1.54, 1.807) is 0 Å². The Bertz CT molecular complexity index is 704. The van der Waals surface area contributed by atoms with E-state index in [-0.39, 0.29) is 18.0 Å². The van der Waals surface area contributed by atoms with Crippen molar-refractivity contribution in [3.63, 3.8) is 0 Å². The van der Waals surface area contributed by atoms with Crippen LogP contribution in [0.4, 0.5) is 0 Å². The number of hydrogen-bond acceptors (Lipinski definition) is 3. The van der Waals surface area contributed by atoms with Crippen LogP contribution >= 0.6 is 0 Å². The van der Waals surface area contributed by atoms with E-state index in [9.17, 15) is 4.79 Å². The van der Waals surface area contributed by atoms with Crippen LogP contribution in [-0.2, 0) is 16.0 Å². The predicted octanol–water partition coefficient (Wildman–Crippen LogP) is 4.63. The Morgan fingerprint density at radius 1 is 1.26 bits per heavy atom. The molecule has 0 fully saturated rings. The second-order valence-electron chi connectivity index (χ2n) is 6.93. The van der Waals surface area contributed by atoms with Gasteiger partial charge in [-0.3, -0.25) is 0 Å². The van der Waals surface area contributed by atoms with Gasteiger partial charge in [-0.25, -0.2) is 4.79 Å². The zero-order valence-electron chi connectivity index (χ0n) is 14.1. The van der Waals surface area contributed by atoms with Crippen LogP contribution in [0, 0.1) is 12.8 Å². The van der Waals surface area contributed by atoms with Gasteiger partial charge in [-0.05, 0) is 57.2 Å². The molecule has 0 radical (unpaired) electrons. The lowest BCUT2D eigenvalue weighted by Crippen LogP contribution is -2.19. The third kappa shape index (κ3) is 2.92. The Kier molecular flexibility index (Phi) is 4.05. The second kappa shape index (κ2) is 5.88. The molecule has 3 heteroatoms. The van der Waals surface area contributed by atoms with Crippen LogP contribution in [-0.4, -0.2) is 12.1 Å². The molecule has 0 saturated heterocycles. The molecule has 2 aliphatic heterocycles. The molecule has 0 saturated carbocycles. The zero-order valence-corrected chi connectivity index (χ0v) is 14.1. The number of rotatable bonds is 2. The molecule has 3 nitrogen and oxygen atoms in total. The van der Waals surface area contributed by atoms with Gasteiger partial charge in [-0.15, -0.1) is 0 Å². The van der Waals surface area contributed by atoms with E-state index < -0.39 is 0 Å². The largest absolute Gasteiger partial charge is 0.465 e. The number of esters is 1. The Morgan fingerprint density at radius 3 is 2.65 bits per heavy atom. The van der Waals surface area contributed by atoms with Crippen LogP contribution in [0.5, 0.6) is 0 Å². The molecule has 0 amide bonds. The Hall–Kier alpha value is -2.03. The van der Waals surface area contributed by atoms with Gasteiger partial charge in [0.15, 0.2) is 0 Å². The molecule has 0 aromatic carbocycles. The fourth-order valence-corrected chi connectivity index (χ4v) is 3.51. The molecule has 3 rings (SSSR count). The standard InChI is InChI=1S/C20H24O3/c1-11(2)14-6-7-15-10-18(23-20(15)21)19(12(3)4)17-8-13(5)16(9-14)22-17/h8,10,14,18-19H,1,3,6-7,9H2,2,4-5H3/t14-,18-,19+/m1/s1. The van der Waals surface area contributed by atoms with Gasteiger partial charge in [0.1, 0.15) is 17.6 Å². The first-order chi connectivity index (χ1) is 10.9. The van der Waals surface area contributed by atoms with Crippen LogP contribution in [0.3, 0.4) is 0 Å². The maximum Gasteiger partial charge on any atom is 0.334 e. The van der Waals surface area contributed by atoms with Crippen molar-refractivity contribution in [2.75, 3.05) is 0 Å². The Morgan fingerprint density at radius 2 is 2.00 bits per heavy atom. The summed E-state index contributed by atoms with van der Waals surface area (Å²) in [5, 5.41) is 0. The average molecular weight is 312 g/mol. The second-order valence-corrected chi connectivity index (χ2v) is 6.93. The molecular formula is C20H24O3. The first-order valence-corrected chi connectivity index (χ1v) is 8.18. The molecule has 23 heavy (non-hydrogen) atoms. The lowest BCUT2D eigenvalue weighted by molar-refractivity contribution is -0.140. The lowest BCUT2D eigenvalue weighted by atomic mass is 9.88. The average Bonchev–Trinajstić information content (AvgIpc) is 2.96. The summed E-state index contributed by atoms with van der Waals surface area (Å²) in [7, 11) is 0. The minimum atomic E-state index is -0.310. The maximum atomic E-state index is 12.2. The Balaban J connectivity index is 2.08. The van der Waals surface area contributed by atoms with Crippen molar-refractivity contribution in [1.82, 2.24) is 0 Å². The van der Waals surface area contributed by atoms with Gasteiger partial charge in [-0.2, -0.15) is 0 Å². The van der Waals surface area contributed by atoms with Crippen molar-refractivity contribution < 1.29 is 13.9 Å². The lowest BCUT2D eigenvalue weighted by Gasteiger charge is -2.20. The number of furan rings is 1. The van der Waals surface area contributed by atoms with Crippen LogP contribution < -0.4 is 0 Å². The number of hydrogen-bond donors (Lipinski definition) is 0. The van der Waals surface area contributed by atoms with Crippen molar-refractivity contribution in [3.05, 3.63) is 59.1 Å². The SMILES string of the molecule is C=C(C)[C@@H]1CCC2=C[C@@H](OC2=O)[C@@H](C(=C)C)c2cc(C)c(o2)C1. The van der Waals surface area contributed by atoms with Crippen LogP contribution in [0.25, 0.3) is 0 Å². The van der Waals surface area contributed by atoms with Gasteiger partial charge in [0.2, 0.25) is 0 Å². The molecule has 1 aromatic heterocycles. The van der Waals surface area contributed by atoms with Gasteiger partial charge in [0.25, 0.3) is 0 Å². The summed E-state index contributed by atoms with van der Waals surface area (Å²) in [4.78, 5) is 12.2. The molecule has 3 atom stereocenters. The zero-order chi connectivity index (χ0) is 16.7. The highest BCUT2D eigenvalue weighted by atomic mass is 16.5. The molecule has 0 spiro atoms. The van der Waals surface area contributed by atoms with Gasteiger partial charge in [-0.1, -0.05) is 24.3 Å². The monoisotopic (exact) mass is 312 g/mol. The van der Waals surface area contributed by atoms with E-state index in [1.807, 2.05) is 19.9 Å². The van der Waals surface area contributed by atoms with Gasteiger partial charge >= 0.3 is 5.97 Å². The van der Waals surface area contributed by atoms with E-state index >= 15 is 0 Å². The van der Waals surface area contributed by atoms with Crippen molar-refractivity contribution in [1.29, 1.82) is 0 Å². The highest BCUT2D eigenvalue weighted by Crippen LogP contribution is 2.38. The third-order valence-corrected chi connectivity index (χ3v) is 4.97. The number of carbonyl (C=O) groups excluding carboxylic acids is 1. The van der Waals surface area contributed by atoms with E-state index in [0.717, 1.165) is 53.1 Å². The normalized spacial score (nSPS) is 27.0. The fraction of sp³-hybridized carbons (Fsp3) is 0.450. The topological polar surface area (TPSA) is 39.4 Å². The summed E-state index contributed by atoms with van der Waals surface area (Å²) in [5.41, 5.74) is 3.99. The van der Waals surface area contributed by atoms with Crippen molar-refractivity contribution >= 4 is 5.97 Å². The highest BCUT2D eigenvalue weighted by molar-refractivity contribution is 5.91. The fourth-order valence-electron chi connectivity index (χ4n) is 3.51.